The van der Waals surface area contributed by atoms with Gasteiger partial charge in [-0.15, -0.1) is 0 Å². The number of carbonyl (C=O) groups is 1. The summed E-state index contributed by atoms with van der Waals surface area (Å²) in [6, 6.07) is 21.1. The van der Waals surface area contributed by atoms with Gasteiger partial charge in [0.05, 0.1) is 12.6 Å². The Morgan fingerprint density at radius 2 is 1.81 bits per heavy atom. The Bertz CT molecular complexity index is 1250. The minimum Gasteiger partial charge on any atom is -0.497 e. The van der Waals surface area contributed by atoms with E-state index in [4.69, 9.17) is 9.47 Å². The van der Waals surface area contributed by atoms with E-state index in [9.17, 15) is 4.79 Å². The normalized spacial score (nSPS) is 10.7. The molecule has 0 bridgehead atoms. The number of benzene rings is 3. The van der Waals surface area contributed by atoms with E-state index in [-0.39, 0.29) is 5.91 Å². The highest BCUT2D eigenvalue weighted by Crippen LogP contribution is 2.33. The van der Waals surface area contributed by atoms with Crippen LogP contribution in [0, 0.1) is 13.8 Å². The van der Waals surface area contributed by atoms with Crippen molar-refractivity contribution in [3.8, 4) is 17.2 Å². The van der Waals surface area contributed by atoms with Crippen LogP contribution >= 0.6 is 0 Å². The average molecular weight is 412 g/mol. The number of nitrogens with one attached hydrogen (secondary N) is 1. The Hall–Kier alpha value is -3.86. The van der Waals surface area contributed by atoms with Gasteiger partial charge < -0.3 is 14.8 Å². The van der Waals surface area contributed by atoms with E-state index in [1.165, 1.54) is 5.56 Å². The minimum absolute atomic E-state index is 0.131. The first-order chi connectivity index (χ1) is 15.0. The van der Waals surface area contributed by atoms with E-state index in [1.54, 1.807) is 13.3 Å². The van der Waals surface area contributed by atoms with Gasteiger partial charge in [-0.25, -0.2) is 0 Å². The highest BCUT2D eigenvalue weighted by atomic mass is 16.5. The molecule has 5 nitrogen and oxygen atoms in total. The number of aryl methyl sites for hydroxylation is 1. The molecular weight excluding hydrogens is 388 g/mol. The Balaban J connectivity index is 1.56. The number of pyridine rings is 1. The van der Waals surface area contributed by atoms with Gasteiger partial charge in [0.25, 0.3) is 5.91 Å². The van der Waals surface area contributed by atoms with Crippen molar-refractivity contribution in [1.82, 2.24) is 10.3 Å². The smallest absolute Gasteiger partial charge is 0.251 e. The third kappa shape index (κ3) is 4.51. The second kappa shape index (κ2) is 8.88. The summed E-state index contributed by atoms with van der Waals surface area (Å²) in [4.78, 5) is 17.2. The van der Waals surface area contributed by atoms with Crippen molar-refractivity contribution in [3.05, 3.63) is 95.2 Å². The van der Waals surface area contributed by atoms with Crippen molar-refractivity contribution in [2.24, 2.45) is 0 Å². The number of nitrogens with zero attached hydrogens (tertiary/aromatic N) is 1. The highest BCUT2D eigenvalue weighted by Gasteiger charge is 2.14. The molecule has 0 fully saturated rings. The van der Waals surface area contributed by atoms with Crippen LogP contribution in [0.4, 0.5) is 0 Å². The molecule has 0 radical (unpaired) electrons. The monoisotopic (exact) mass is 412 g/mol. The van der Waals surface area contributed by atoms with Gasteiger partial charge in [-0.2, -0.15) is 0 Å². The maximum absolute atomic E-state index is 12.8. The van der Waals surface area contributed by atoms with E-state index in [2.05, 4.69) is 16.4 Å². The lowest BCUT2D eigenvalue weighted by atomic mass is 10.1. The van der Waals surface area contributed by atoms with Gasteiger partial charge in [0.1, 0.15) is 17.2 Å². The fourth-order valence-electron chi connectivity index (χ4n) is 3.51. The number of carbonyl (C=O) groups excluding carboxylic acids is 1. The highest BCUT2D eigenvalue weighted by molar-refractivity contribution is 5.96. The number of fused-ring (bicyclic) bond motifs is 1. The Kier molecular flexibility index (Phi) is 5.85. The first kappa shape index (κ1) is 20.4. The van der Waals surface area contributed by atoms with Crippen LogP contribution in [-0.2, 0) is 6.54 Å². The van der Waals surface area contributed by atoms with Crippen molar-refractivity contribution < 1.29 is 14.3 Å². The first-order valence-corrected chi connectivity index (χ1v) is 10.1. The predicted molar refractivity (Wildman–Crippen MR) is 122 cm³/mol. The number of aromatic nitrogens is 1. The fraction of sp³-hybridized carbons (Fsp3) is 0.154. The first-order valence-electron chi connectivity index (χ1n) is 10.1. The van der Waals surface area contributed by atoms with Crippen LogP contribution in [0.15, 0.2) is 72.9 Å². The molecule has 1 aromatic heterocycles. The molecule has 0 saturated carbocycles. The maximum Gasteiger partial charge on any atom is 0.251 e. The SMILES string of the molecule is COc1ccc2c(Oc3cccc(C(=O)NCc4cccc(C)c4)c3C)ccnc2c1. The number of ether oxygens (including phenoxy) is 2. The molecule has 1 N–H and O–H groups in total. The van der Waals surface area contributed by atoms with E-state index >= 15 is 0 Å². The molecule has 4 rings (SSSR count). The molecule has 1 amide bonds. The van der Waals surface area contributed by atoms with Crippen LogP contribution in [0.1, 0.15) is 27.0 Å². The Morgan fingerprint density at radius 3 is 2.61 bits per heavy atom. The van der Waals surface area contributed by atoms with Crippen molar-refractivity contribution >= 4 is 16.8 Å². The number of amides is 1. The van der Waals surface area contributed by atoms with E-state index in [1.807, 2.05) is 74.5 Å². The largest absolute Gasteiger partial charge is 0.497 e. The Morgan fingerprint density at radius 1 is 0.968 bits per heavy atom. The maximum atomic E-state index is 12.8. The van der Waals surface area contributed by atoms with Crippen LogP contribution < -0.4 is 14.8 Å². The summed E-state index contributed by atoms with van der Waals surface area (Å²) in [7, 11) is 1.63. The summed E-state index contributed by atoms with van der Waals surface area (Å²) < 4.78 is 11.5. The molecule has 31 heavy (non-hydrogen) atoms. The van der Waals surface area contributed by atoms with E-state index in [0.717, 1.165) is 27.8 Å². The molecule has 1 heterocycles. The topological polar surface area (TPSA) is 60.5 Å². The molecule has 5 heteroatoms. The zero-order valence-corrected chi connectivity index (χ0v) is 17.8. The summed E-state index contributed by atoms with van der Waals surface area (Å²) in [5.41, 5.74) is 4.38. The van der Waals surface area contributed by atoms with Crippen LogP contribution in [0.5, 0.6) is 17.2 Å². The lowest BCUT2D eigenvalue weighted by Gasteiger charge is -2.14. The van der Waals surface area contributed by atoms with Crippen molar-refractivity contribution in [2.45, 2.75) is 20.4 Å². The summed E-state index contributed by atoms with van der Waals surface area (Å²) >= 11 is 0. The minimum atomic E-state index is -0.131. The van der Waals surface area contributed by atoms with Gasteiger partial charge in [-0.1, -0.05) is 35.9 Å². The predicted octanol–water partition coefficient (Wildman–Crippen LogP) is 5.58. The molecule has 0 aliphatic carbocycles. The lowest BCUT2D eigenvalue weighted by molar-refractivity contribution is 0.0950. The summed E-state index contributed by atoms with van der Waals surface area (Å²) in [5.74, 6) is 1.91. The number of methoxy groups -OCH3 is 1. The van der Waals surface area contributed by atoms with Crippen molar-refractivity contribution in [2.75, 3.05) is 7.11 Å². The summed E-state index contributed by atoms with van der Waals surface area (Å²) in [6.45, 7) is 4.40. The van der Waals surface area contributed by atoms with Crippen molar-refractivity contribution in [1.29, 1.82) is 0 Å². The molecule has 0 saturated heterocycles. The molecule has 4 aromatic rings. The molecule has 3 aromatic carbocycles. The van der Waals surface area contributed by atoms with Gasteiger partial charge >= 0.3 is 0 Å². The summed E-state index contributed by atoms with van der Waals surface area (Å²) in [6.07, 6.45) is 1.70. The number of hydrogen-bond acceptors (Lipinski definition) is 4. The average Bonchev–Trinajstić information content (AvgIpc) is 2.78. The van der Waals surface area contributed by atoms with Crippen LogP contribution in [0.3, 0.4) is 0 Å². The van der Waals surface area contributed by atoms with Gasteiger partial charge in [0.15, 0.2) is 0 Å². The lowest BCUT2D eigenvalue weighted by Crippen LogP contribution is -2.23. The van der Waals surface area contributed by atoms with Crippen LogP contribution in [0.25, 0.3) is 10.9 Å². The fourth-order valence-corrected chi connectivity index (χ4v) is 3.51. The van der Waals surface area contributed by atoms with E-state index in [0.29, 0.717) is 23.6 Å². The zero-order valence-electron chi connectivity index (χ0n) is 17.8. The van der Waals surface area contributed by atoms with Gasteiger partial charge in [-0.05, 0) is 49.7 Å². The molecule has 0 aliphatic heterocycles. The van der Waals surface area contributed by atoms with Gasteiger partial charge in [0, 0.05) is 35.3 Å². The summed E-state index contributed by atoms with van der Waals surface area (Å²) in [5, 5.41) is 3.87. The molecule has 0 spiro atoms. The van der Waals surface area contributed by atoms with Crippen LogP contribution in [-0.4, -0.2) is 18.0 Å². The molecule has 0 atom stereocenters. The van der Waals surface area contributed by atoms with Gasteiger partial charge in [0.2, 0.25) is 0 Å². The van der Waals surface area contributed by atoms with E-state index < -0.39 is 0 Å². The number of hydrogen-bond donors (Lipinski definition) is 1. The Labute approximate surface area is 181 Å². The third-order valence-electron chi connectivity index (χ3n) is 5.19. The molecule has 0 aliphatic rings. The van der Waals surface area contributed by atoms with Crippen LogP contribution in [0.2, 0.25) is 0 Å². The van der Waals surface area contributed by atoms with Crippen molar-refractivity contribution in [3.63, 3.8) is 0 Å². The molecule has 156 valence electrons. The standard InChI is InChI=1S/C26H24N2O3/c1-17-6-4-7-19(14-17)16-28-26(29)21-8-5-9-24(18(21)2)31-25-12-13-27-23-15-20(30-3)10-11-22(23)25/h4-15H,16H2,1-3H3,(H,28,29). The zero-order chi connectivity index (χ0) is 21.8. The molecular formula is C26H24N2O3. The molecule has 0 unspecified atom stereocenters. The quantitative estimate of drug-likeness (QED) is 0.449. The van der Waals surface area contributed by atoms with Gasteiger partial charge in [-0.3, -0.25) is 9.78 Å². The number of rotatable bonds is 6. The third-order valence-corrected chi connectivity index (χ3v) is 5.19. The second-order valence-electron chi connectivity index (χ2n) is 7.39. The second-order valence-corrected chi connectivity index (χ2v) is 7.39.